The van der Waals surface area contributed by atoms with E-state index in [1.165, 1.54) is 16.7 Å². The van der Waals surface area contributed by atoms with Gasteiger partial charge in [0.25, 0.3) is 0 Å². The van der Waals surface area contributed by atoms with Crippen LogP contribution in [0.5, 0.6) is 5.75 Å². The largest absolute Gasteiger partial charge is 1.00 e. The van der Waals surface area contributed by atoms with E-state index in [2.05, 4.69) is 11.2 Å². The third kappa shape index (κ3) is 3.94. The van der Waals surface area contributed by atoms with E-state index in [0.717, 1.165) is 48.2 Å². The van der Waals surface area contributed by atoms with Crippen molar-refractivity contribution in [2.75, 3.05) is 0 Å². The molecule has 130 valence electrons. The molecule has 5 nitrogen and oxygen atoms in total. The number of carboxylic acid groups (broad SMARTS) is 1. The number of carbonyl (C=O) groups is 1. The van der Waals surface area contributed by atoms with Crippen molar-refractivity contribution in [3.63, 3.8) is 0 Å². The van der Waals surface area contributed by atoms with E-state index in [1.807, 2.05) is 20.8 Å². The van der Waals surface area contributed by atoms with Gasteiger partial charge in [-0.1, -0.05) is 6.07 Å². The summed E-state index contributed by atoms with van der Waals surface area (Å²) in [6, 6.07) is 2.09. The molecule has 1 aromatic carbocycles. The van der Waals surface area contributed by atoms with Gasteiger partial charge in [-0.05, 0) is 62.3 Å². The molecule has 3 rings (SSSR count). The first-order valence-corrected chi connectivity index (χ1v) is 8.46. The maximum atomic E-state index is 10.8. The number of aryl methyl sites for hydroxylation is 3. The van der Waals surface area contributed by atoms with Crippen LogP contribution in [0.2, 0.25) is 0 Å². The zero-order valence-corrected chi connectivity index (χ0v) is 17.5. The van der Waals surface area contributed by atoms with Crippen LogP contribution in [0.1, 0.15) is 53.5 Å². The summed E-state index contributed by atoms with van der Waals surface area (Å²) in [6.07, 6.45) is 3.92. The number of phenols is 1. The summed E-state index contributed by atoms with van der Waals surface area (Å²) < 4.78 is 1.80. The Bertz CT molecular complexity index is 818. The molecule has 0 atom stereocenters. The number of nitrogens with zero attached hydrogens (tertiary/aromatic N) is 2. The van der Waals surface area contributed by atoms with Crippen LogP contribution in [0.25, 0.3) is 0 Å². The second-order valence-electron chi connectivity index (χ2n) is 6.70. The van der Waals surface area contributed by atoms with E-state index in [4.69, 9.17) is 5.11 Å². The summed E-state index contributed by atoms with van der Waals surface area (Å²) in [7, 11) is 0. The standard InChI is InChI=1S/C19H24N2O3.Na.H/c1-11-9-14(15-5-4-6-16(15)19(11)24)10-17-12(2)20-21(13(17)3)8-7-18(22)23;;/h9,24H,4-8,10H2,1-3H3,(H,22,23);;/q;+1;-1. The van der Waals surface area contributed by atoms with Crippen LogP contribution in [-0.4, -0.2) is 26.0 Å². The maximum absolute atomic E-state index is 10.8. The molecule has 1 heterocycles. The molecular weight excluding hydrogens is 327 g/mol. The van der Waals surface area contributed by atoms with Crippen molar-refractivity contribution >= 4 is 5.97 Å². The second kappa shape index (κ2) is 7.94. The molecule has 0 spiro atoms. The third-order valence-electron chi connectivity index (χ3n) is 5.09. The number of hydrogen-bond donors (Lipinski definition) is 2. The number of benzene rings is 1. The van der Waals surface area contributed by atoms with Gasteiger partial charge in [0.15, 0.2) is 0 Å². The molecule has 1 aromatic heterocycles. The quantitative estimate of drug-likeness (QED) is 0.753. The van der Waals surface area contributed by atoms with Crippen molar-refractivity contribution in [1.29, 1.82) is 0 Å². The first-order valence-electron chi connectivity index (χ1n) is 8.46. The average Bonchev–Trinajstić information content (AvgIpc) is 3.11. The van der Waals surface area contributed by atoms with Gasteiger partial charge in [-0.15, -0.1) is 0 Å². The second-order valence-corrected chi connectivity index (χ2v) is 6.70. The number of aromatic nitrogens is 2. The Morgan fingerprint density at radius 2 is 1.96 bits per heavy atom. The molecule has 2 aromatic rings. The molecular formula is C19H25N2NaO3. The van der Waals surface area contributed by atoms with E-state index in [1.54, 1.807) is 4.68 Å². The normalized spacial score (nSPS) is 12.8. The zero-order chi connectivity index (χ0) is 17.4. The summed E-state index contributed by atoms with van der Waals surface area (Å²) >= 11 is 0. The van der Waals surface area contributed by atoms with Crippen LogP contribution in [0.15, 0.2) is 6.07 Å². The topological polar surface area (TPSA) is 75.4 Å². The van der Waals surface area contributed by atoms with Gasteiger partial charge in [0, 0.05) is 17.7 Å². The summed E-state index contributed by atoms with van der Waals surface area (Å²) in [5.41, 5.74) is 7.75. The summed E-state index contributed by atoms with van der Waals surface area (Å²) in [5.74, 6) is -0.354. The number of phenolic OH excluding ortho intramolecular Hbond substituents is 1. The van der Waals surface area contributed by atoms with Gasteiger partial charge in [0.2, 0.25) is 0 Å². The van der Waals surface area contributed by atoms with Gasteiger partial charge in [-0.2, -0.15) is 5.10 Å². The molecule has 1 aliphatic carbocycles. The van der Waals surface area contributed by atoms with Gasteiger partial charge >= 0.3 is 35.5 Å². The molecule has 25 heavy (non-hydrogen) atoms. The monoisotopic (exact) mass is 352 g/mol. The fourth-order valence-electron chi connectivity index (χ4n) is 3.77. The molecule has 0 saturated heterocycles. The Kier molecular flexibility index (Phi) is 6.35. The summed E-state index contributed by atoms with van der Waals surface area (Å²) in [4.78, 5) is 10.8. The van der Waals surface area contributed by atoms with Crippen LogP contribution in [0, 0.1) is 20.8 Å². The van der Waals surface area contributed by atoms with Crippen molar-refractivity contribution in [3.05, 3.63) is 45.3 Å². The number of aliphatic carboxylic acids is 1. The number of carboxylic acids is 1. The molecule has 0 unspecified atom stereocenters. The fraction of sp³-hybridized carbons (Fsp3) is 0.474. The van der Waals surface area contributed by atoms with Crippen molar-refractivity contribution < 1.29 is 46.0 Å². The minimum absolute atomic E-state index is 0. The Morgan fingerprint density at radius 1 is 1.28 bits per heavy atom. The van der Waals surface area contributed by atoms with Gasteiger partial charge in [-0.3, -0.25) is 9.48 Å². The molecule has 0 fully saturated rings. The van der Waals surface area contributed by atoms with Crippen LogP contribution in [0.4, 0.5) is 0 Å². The van der Waals surface area contributed by atoms with Crippen molar-refractivity contribution in [2.45, 2.75) is 59.4 Å². The van der Waals surface area contributed by atoms with Gasteiger partial charge in [0.1, 0.15) is 5.75 Å². The van der Waals surface area contributed by atoms with E-state index in [9.17, 15) is 9.90 Å². The van der Waals surface area contributed by atoms with Gasteiger partial charge in [-0.25, -0.2) is 0 Å². The number of hydrogen-bond acceptors (Lipinski definition) is 3. The van der Waals surface area contributed by atoms with E-state index >= 15 is 0 Å². The van der Waals surface area contributed by atoms with Crippen LogP contribution in [-0.2, 0) is 30.6 Å². The molecule has 0 saturated carbocycles. The predicted molar refractivity (Wildman–Crippen MR) is 92.7 cm³/mol. The van der Waals surface area contributed by atoms with Crippen LogP contribution in [0.3, 0.4) is 0 Å². The van der Waals surface area contributed by atoms with Crippen molar-refractivity contribution in [3.8, 4) is 5.75 Å². The molecule has 2 N–H and O–H groups in total. The first-order chi connectivity index (χ1) is 11.4. The Hall–Kier alpha value is -1.30. The molecule has 0 radical (unpaired) electrons. The smallest absolute Gasteiger partial charge is 1.00 e. The SMILES string of the molecule is Cc1cc(Cc2c(C)nn(CCC(=O)O)c2C)c2c(c1O)CCC2.[H-].[Na+]. The van der Waals surface area contributed by atoms with E-state index in [0.29, 0.717) is 12.3 Å². The average molecular weight is 352 g/mol. The number of aromatic hydroxyl groups is 1. The summed E-state index contributed by atoms with van der Waals surface area (Å²) in [5, 5.41) is 23.7. The first kappa shape index (κ1) is 20.0. The molecule has 1 aliphatic rings. The minimum Gasteiger partial charge on any atom is -1.00 e. The van der Waals surface area contributed by atoms with Crippen LogP contribution >= 0.6 is 0 Å². The van der Waals surface area contributed by atoms with Crippen LogP contribution < -0.4 is 29.6 Å². The van der Waals surface area contributed by atoms with Gasteiger partial charge in [0.05, 0.1) is 18.7 Å². The van der Waals surface area contributed by atoms with Crippen molar-refractivity contribution in [1.82, 2.24) is 9.78 Å². The number of rotatable bonds is 5. The third-order valence-corrected chi connectivity index (χ3v) is 5.09. The van der Waals surface area contributed by atoms with Crippen molar-refractivity contribution in [2.24, 2.45) is 0 Å². The Morgan fingerprint density at radius 3 is 2.64 bits per heavy atom. The summed E-state index contributed by atoms with van der Waals surface area (Å²) in [6.45, 7) is 6.33. The van der Waals surface area contributed by atoms with Gasteiger partial charge < -0.3 is 11.6 Å². The Labute approximate surface area is 171 Å². The van der Waals surface area contributed by atoms with E-state index < -0.39 is 5.97 Å². The molecule has 0 bridgehead atoms. The Balaban J connectivity index is 0.00000169. The minimum atomic E-state index is -0.809. The van der Waals surface area contributed by atoms with E-state index in [-0.39, 0.29) is 37.4 Å². The molecule has 0 aliphatic heterocycles. The molecule has 0 amide bonds. The zero-order valence-electron chi connectivity index (χ0n) is 16.5. The fourth-order valence-corrected chi connectivity index (χ4v) is 3.77. The maximum Gasteiger partial charge on any atom is 1.00 e. The predicted octanol–water partition coefficient (Wildman–Crippen LogP) is 0.185. The number of fused-ring (bicyclic) bond motifs is 1. The molecule has 6 heteroatoms.